The van der Waals surface area contributed by atoms with Gasteiger partial charge in [0.15, 0.2) is 5.96 Å². The summed E-state index contributed by atoms with van der Waals surface area (Å²) in [6, 6.07) is 0.844. The number of nitrogens with zero attached hydrogens (tertiary/aromatic N) is 2. The van der Waals surface area contributed by atoms with Gasteiger partial charge in [-0.05, 0) is 18.3 Å². The van der Waals surface area contributed by atoms with Crippen molar-refractivity contribution in [3.63, 3.8) is 0 Å². The molecule has 1 heterocycles. The number of rotatable bonds is 3. The van der Waals surface area contributed by atoms with Crippen LogP contribution in [0.4, 0.5) is 0 Å². The van der Waals surface area contributed by atoms with Gasteiger partial charge in [-0.3, -0.25) is 9.79 Å². The zero-order chi connectivity index (χ0) is 14.0. The quantitative estimate of drug-likeness (QED) is 0.434. The first-order valence-electron chi connectivity index (χ1n) is 7.24. The third kappa shape index (κ3) is 4.23. The van der Waals surface area contributed by atoms with Gasteiger partial charge < -0.3 is 15.5 Å². The van der Waals surface area contributed by atoms with Crippen LogP contribution in [-0.2, 0) is 4.79 Å². The summed E-state index contributed by atoms with van der Waals surface area (Å²) in [5.74, 6) is 1.11. The van der Waals surface area contributed by atoms with E-state index in [0.717, 1.165) is 25.5 Å². The van der Waals surface area contributed by atoms with Crippen molar-refractivity contribution < 1.29 is 4.79 Å². The van der Waals surface area contributed by atoms with Gasteiger partial charge >= 0.3 is 0 Å². The molecule has 0 bridgehead atoms. The molecule has 2 fully saturated rings. The molecule has 1 saturated carbocycles. The molecule has 5 nitrogen and oxygen atoms in total. The molecule has 2 atom stereocenters. The van der Waals surface area contributed by atoms with Crippen LogP contribution in [0.15, 0.2) is 4.99 Å². The molecule has 1 saturated heterocycles. The Bertz CT molecular complexity index is 383. The number of hydrogen-bond acceptors (Lipinski definition) is 2. The highest BCUT2D eigenvalue weighted by Crippen LogP contribution is 2.44. The Kier molecular flexibility index (Phi) is 6.09. The summed E-state index contributed by atoms with van der Waals surface area (Å²) in [4.78, 5) is 17.9. The van der Waals surface area contributed by atoms with Crippen LogP contribution in [0.2, 0.25) is 0 Å². The molecule has 2 unspecified atom stereocenters. The Labute approximate surface area is 139 Å². The average molecular weight is 394 g/mol. The third-order valence-corrected chi connectivity index (χ3v) is 4.23. The average Bonchev–Trinajstić information content (AvgIpc) is 2.80. The summed E-state index contributed by atoms with van der Waals surface area (Å²) < 4.78 is 0. The molecular formula is C14H27IN4O. The SMILES string of the molecule is CCC(=O)N1CCC(NC(=NC)NC2CC2(C)C)C1.I. The molecule has 6 heteroatoms. The molecule has 2 N–H and O–H groups in total. The van der Waals surface area contributed by atoms with Crippen LogP contribution in [0.1, 0.15) is 40.0 Å². The van der Waals surface area contributed by atoms with Gasteiger partial charge in [0.25, 0.3) is 0 Å². The van der Waals surface area contributed by atoms with Gasteiger partial charge in [-0.25, -0.2) is 0 Å². The van der Waals surface area contributed by atoms with Gasteiger partial charge in [-0.1, -0.05) is 20.8 Å². The minimum atomic E-state index is 0. The summed E-state index contributed by atoms with van der Waals surface area (Å²) in [5, 5.41) is 6.88. The fraction of sp³-hybridized carbons (Fsp3) is 0.857. The van der Waals surface area contributed by atoms with Gasteiger partial charge in [0.05, 0.1) is 0 Å². The van der Waals surface area contributed by atoms with E-state index in [1.807, 2.05) is 11.8 Å². The Morgan fingerprint density at radius 3 is 2.55 bits per heavy atom. The zero-order valence-corrected chi connectivity index (χ0v) is 15.2. The van der Waals surface area contributed by atoms with Crippen LogP contribution in [0.5, 0.6) is 0 Å². The molecule has 0 radical (unpaired) electrons. The number of aliphatic imine (C=N–C) groups is 1. The molecule has 0 aromatic carbocycles. The molecule has 1 amide bonds. The third-order valence-electron chi connectivity index (χ3n) is 4.23. The van der Waals surface area contributed by atoms with E-state index in [0.29, 0.717) is 23.9 Å². The smallest absolute Gasteiger partial charge is 0.222 e. The van der Waals surface area contributed by atoms with Crippen molar-refractivity contribution in [1.82, 2.24) is 15.5 Å². The van der Waals surface area contributed by atoms with E-state index >= 15 is 0 Å². The summed E-state index contributed by atoms with van der Waals surface area (Å²) in [6.07, 6.45) is 2.79. The lowest BCUT2D eigenvalue weighted by Gasteiger charge is -2.19. The predicted octanol–water partition coefficient (Wildman–Crippen LogP) is 1.58. The van der Waals surface area contributed by atoms with E-state index in [1.54, 1.807) is 7.05 Å². The van der Waals surface area contributed by atoms with E-state index in [-0.39, 0.29) is 29.9 Å². The van der Waals surface area contributed by atoms with Crippen molar-refractivity contribution in [2.24, 2.45) is 10.4 Å². The van der Waals surface area contributed by atoms with Crippen molar-refractivity contribution in [2.45, 2.75) is 52.1 Å². The first-order valence-corrected chi connectivity index (χ1v) is 7.24. The molecule has 0 aromatic heterocycles. The molecule has 116 valence electrons. The van der Waals surface area contributed by atoms with Gasteiger partial charge in [0.1, 0.15) is 0 Å². The van der Waals surface area contributed by atoms with E-state index in [4.69, 9.17) is 0 Å². The van der Waals surface area contributed by atoms with E-state index in [2.05, 4.69) is 29.5 Å². The van der Waals surface area contributed by atoms with Crippen molar-refractivity contribution in [3.05, 3.63) is 0 Å². The number of carbonyl (C=O) groups excluding carboxylic acids is 1. The molecule has 1 aliphatic heterocycles. The largest absolute Gasteiger partial charge is 0.353 e. The maximum Gasteiger partial charge on any atom is 0.222 e. The maximum absolute atomic E-state index is 11.6. The maximum atomic E-state index is 11.6. The number of nitrogens with one attached hydrogen (secondary N) is 2. The fourth-order valence-corrected chi connectivity index (χ4v) is 2.57. The normalized spacial score (nSPS) is 27.8. The molecule has 0 spiro atoms. The van der Waals surface area contributed by atoms with Crippen LogP contribution in [0, 0.1) is 5.41 Å². The van der Waals surface area contributed by atoms with Gasteiger partial charge in [-0.15, -0.1) is 24.0 Å². The number of carbonyl (C=O) groups is 1. The van der Waals surface area contributed by atoms with Crippen LogP contribution < -0.4 is 10.6 Å². The Morgan fingerprint density at radius 2 is 2.05 bits per heavy atom. The Balaban J connectivity index is 0.00000200. The lowest BCUT2D eigenvalue weighted by molar-refractivity contribution is -0.129. The van der Waals surface area contributed by atoms with Crippen molar-refractivity contribution >= 4 is 35.8 Å². The highest BCUT2D eigenvalue weighted by atomic mass is 127. The minimum absolute atomic E-state index is 0. The molecule has 0 aromatic rings. The van der Waals surface area contributed by atoms with Crippen LogP contribution in [-0.4, -0.2) is 49.0 Å². The Hall–Kier alpha value is -0.530. The second-order valence-corrected chi connectivity index (χ2v) is 6.29. The minimum Gasteiger partial charge on any atom is -0.353 e. The number of amides is 1. The molecule has 20 heavy (non-hydrogen) atoms. The van der Waals surface area contributed by atoms with Crippen LogP contribution in [0.3, 0.4) is 0 Å². The summed E-state index contributed by atoms with van der Waals surface area (Å²) in [5.41, 5.74) is 0.386. The Morgan fingerprint density at radius 1 is 1.40 bits per heavy atom. The standard InChI is InChI=1S/C14H26N4O.HI/c1-5-12(19)18-7-6-10(9-18)16-13(15-4)17-11-8-14(11,2)3;/h10-11H,5-9H2,1-4H3,(H2,15,16,17);1H. The van der Waals surface area contributed by atoms with E-state index in [9.17, 15) is 4.79 Å². The number of guanidine groups is 1. The topological polar surface area (TPSA) is 56.7 Å². The van der Waals surface area contributed by atoms with Gasteiger partial charge in [0.2, 0.25) is 5.91 Å². The number of hydrogen-bond donors (Lipinski definition) is 2. The molecule has 2 rings (SSSR count). The summed E-state index contributed by atoms with van der Waals surface area (Å²) in [6.45, 7) is 8.08. The summed E-state index contributed by atoms with van der Waals surface area (Å²) >= 11 is 0. The van der Waals surface area contributed by atoms with Crippen molar-refractivity contribution in [2.75, 3.05) is 20.1 Å². The number of halogens is 1. The zero-order valence-electron chi connectivity index (χ0n) is 12.9. The highest BCUT2D eigenvalue weighted by Gasteiger charge is 2.46. The van der Waals surface area contributed by atoms with E-state index in [1.165, 1.54) is 6.42 Å². The second kappa shape index (κ2) is 6.95. The molecule has 2 aliphatic rings. The van der Waals surface area contributed by atoms with Crippen LogP contribution in [0.25, 0.3) is 0 Å². The molecule has 1 aliphatic carbocycles. The summed E-state index contributed by atoms with van der Waals surface area (Å²) in [7, 11) is 1.80. The van der Waals surface area contributed by atoms with Crippen molar-refractivity contribution in [1.29, 1.82) is 0 Å². The van der Waals surface area contributed by atoms with Crippen molar-refractivity contribution in [3.8, 4) is 0 Å². The van der Waals surface area contributed by atoms with E-state index < -0.39 is 0 Å². The highest BCUT2D eigenvalue weighted by molar-refractivity contribution is 14.0. The second-order valence-electron chi connectivity index (χ2n) is 6.29. The first-order chi connectivity index (χ1) is 8.96. The molecular weight excluding hydrogens is 367 g/mol. The van der Waals surface area contributed by atoms with Gasteiger partial charge in [-0.2, -0.15) is 0 Å². The monoisotopic (exact) mass is 394 g/mol. The van der Waals surface area contributed by atoms with Gasteiger partial charge in [0, 0.05) is 38.6 Å². The number of likely N-dealkylation sites (tertiary alicyclic amines) is 1. The first kappa shape index (κ1) is 17.5. The lowest BCUT2D eigenvalue weighted by Crippen LogP contribution is -2.46. The predicted molar refractivity (Wildman–Crippen MR) is 92.5 cm³/mol. The fourth-order valence-electron chi connectivity index (χ4n) is 2.57. The lowest BCUT2D eigenvalue weighted by atomic mass is 10.2. The van der Waals surface area contributed by atoms with Crippen LogP contribution >= 0.6 is 24.0 Å².